The van der Waals surface area contributed by atoms with Crippen LogP contribution >= 0.6 is 23.1 Å². The van der Waals surface area contributed by atoms with Crippen LogP contribution in [0.5, 0.6) is 5.75 Å². The van der Waals surface area contributed by atoms with Gasteiger partial charge in [-0.25, -0.2) is 0 Å². The molecule has 3 rings (SSSR count). The molecular formula is C17H17NO6S2. The number of thioether (sulfide) groups is 1. The molecule has 0 aliphatic carbocycles. The van der Waals surface area contributed by atoms with Crippen LogP contribution in [0.3, 0.4) is 0 Å². The van der Waals surface area contributed by atoms with Crippen LogP contribution in [0.15, 0.2) is 34.1 Å². The number of ether oxygens (including phenoxy) is 3. The van der Waals surface area contributed by atoms with E-state index >= 15 is 0 Å². The largest absolute Gasteiger partial charge is 0.497 e. The maximum absolute atomic E-state index is 12.6. The first-order chi connectivity index (χ1) is 12.5. The average molecular weight is 395 g/mol. The second-order valence-corrected chi connectivity index (χ2v) is 7.74. The molecule has 1 aliphatic heterocycles. The van der Waals surface area contributed by atoms with Gasteiger partial charge in [0.05, 0.1) is 32.3 Å². The number of benzene rings is 1. The van der Waals surface area contributed by atoms with Crippen LogP contribution in [0.1, 0.15) is 16.4 Å². The van der Waals surface area contributed by atoms with Crippen molar-refractivity contribution in [2.45, 2.75) is 16.2 Å². The molecule has 0 bridgehead atoms. The first kappa shape index (κ1) is 18.5. The first-order valence-corrected chi connectivity index (χ1v) is 9.39. The molecule has 2 heterocycles. The Labute approximate surface area is 157 Å². The van der Waals surface area contributed by atoms with E-state index in [9.17, 15) is 14.4 Å². The third-order valence-electron chi connectivity index (χ3n) is 4.24. The Bertz CT molecular complexity index is 872. The molecule has 9 heteroatoms. The van der Waals surface area contributed by atoms with Crippen molar-refractivity contribution >= 4 is 35.0 Å². The Balaban J connectivity index is 2.17. The minimum Gasteiger partial charge on any atom is -0.497 e. The number of carbonyl (C=O) groups is 2. The van der Waals surface area contributed by atoms with E-state index in [0.717, 1.165) is 28.7 Å². The van der Waals surface area contributed by atoms with Crippen LogP contribution in [-0.2, 0) is 19.1 Å². The molecule has 0 saturated heterocycles. The molecular weight excluding hydrogens is 378 g/mol. The number of nitrogens with one attached hydrogen (secondary N) is 1. The summed E-state index contributed by atoms with van der Waals surface area (Å²) in [4.78, 5) is 40.0. The Hall–Kier alpha value is -2.26. The molecule has 26 heavy (non-hydrogen) atoms. The maximum atomic E-state index is 12.6. The summed E-state index contributed by atoms with van der Waals surface area (Å²) in [6.45, 7) is 0. The fourth-order valence-corrected chi connectivity index (χ4v) is 5.53. The van der Waals surface area contributed by atoms with E-state index in [0.29, 0.717) is 15.7 Å². The topological polar surface area (TPSA) is 94.7 Å². The second kappa shape index (κ2) is 7.55. The van der Waals surface area contributed by atoms with Crippen LogP contribution in [-0.4, -0.2) is 43.5 Å². The van der Waals surface area contributed by atoms with Gasteiger partial charge >= 0.3 is 16.8 Å². The number of H-pyrrole nitrogens is 1. The zero-order valence-electron chi connectivity index (χ0n) is 14.3. The van der Waals surface area contributed by atoms with Crippen LogP contribution < -0.4 is 9.61 Å². The molecule has 1 aromatic heterocycles. The van der Waals surface area contributed by atoms with Gasteiger partial charge < -0.3 is 19.2 Å². The molecule has 1 aromatic carbocycles. The zero-order valence-corrected chi connectivity index (χ0v) is 15.9. The number of hydrogen-bond donors (Lipinski definition) is 1. The van der Waals surface area contributed by atoms with E-state index in [1.807, 2.05) is 12.1 Å². The zero-order chi connectivity index (χ0) is 18.8. The third kappa shape index (κ3) is 3.24. The number of thiazole rings is 1. The molecule has 0 saturated carbocycles. The predicted molar refractivity (Wildman–Crippen MR) is 96.9 cm³/mol. The number of aromatic amines is 1. The third-order valence-corrected chi connectivity index (χ3v) is 6.63. The van der Waals surface area contributed by atoms with E-state index in [-0.39, 0.29) is 4.87 Å². The highest BCUT2D eigenvalue weighted by atomic mass is 32.2. The summed E-state index contributed by atoms with van der Waals surface area (Å²) in [5, 5.41) is -0.242. The maximum Gasteiger partial charge on any atom is 0.320 e. The smallest absolute Gasteiger partial charge is 0.320 e. The fourth-order valence-electron chi connectivity index (χ4n) is 3.03. The Kier molecular flexibility index (Phi) is 5.38. The summed E-state index contributed by atoms with van der Waals surface area (Å²) in [5.74, 6) is -1.72. The molecule has 7 nitrogen and oxygen atoms in total. The fraction of sp³-hybridized carbons (Fsp3) is 0.353. The van der Waals surface area contributed by atoms with Gasteiger partial charge in [0.1, 0.15) is 11.0 Å². The lowest BCUT2D eigenvalue weighted by atomic mass is 9.82. The number of aromatic nitrogens is 1. The van der Waals surface area contributed by atoms with Gasteiger partial charge in [0.15, 0.2) is 0 Å². The lowest BCUT2D eigenvalue weighted by molar-refractivity contribution is -0.151. The molecule has 0 amide bonds. The van der Waals surface area contributed by atoms with E-state index in [2.05, 4.69) is 4.98 Å². The normalized spacial score (nSPS) is 21.6. The summed E-state index contributed by atoms with van der Waals surface area (Å²) in [6.07, 6.45) is 0. The Morgan fingerprint density at radius 3 is 2.27 bits per heavy atom. The minimum atomic E-state index is -0.822. The van der Waals surface area contributed by atoms with Gasteiger partial charge in [-0.05, 0) is 17.7 Å². The molecule has 0 radical (unpaired) electrons. The minimum absolute atomic E-state index is 0.241. The van der Waals surface area contributed by atoms with Crippen LogP contribution in [0, 0.1) is 5.92 Å². The van der Waals surface area contributed by atoms with E-state index in [1.165, 1.54) is 14.2 Å². The molecule has 1 N–H and O–H groups in total. The van der Waals surface area contributed by atoms with Gasteiger partial charge in [0.2, 0.25) is 0 Å². The van der Waals surface area contributed by atoms with Crippen LogP contribution in [0.25, 0.3) is 0 Å². The van der Waals surface area contributed by atoms with Gasteiger partial charge in [-0.1, -0.05) is 35.2 Å². The molecule has 0 unspecified atom stereocenters. The Morgan fingerprint density at radius 1 is 1.04 bits per heavy atom. The lowest BCUT2D eigenvalue weighted by Gasteiger charge is -2.34. The van der Waals surface area contributed by atoms with E-state index < -0.39 is 29.0 Å². The second-order valence-electron chi connectivity index (χ2n) is 5.57. The standard InChI is InChI=1S/C17H17NO6S2/c1-22-9-6-4-8(5-7-9)10-11(15(19)23-2)13(16(20)24-3)25-14-12(10)26-17(21)18-14/h4-7,10-11,13H,1-3H3,(H,18,21)/t10-,11+,13-/m1/s1. The van der Waals surface area contributed by atoms with Crippen molar-refractivity contribution in [2.24, 2.45) is 5.92 Å². The number of fused-ring (bicyclic) bond motifs is 1. The van der Waals surface area contributed by atoms with Gasteiger partial charge in [-0.15, -0.1) is 0 Å². The van der Waals surface area contributed by atoms with Gasteiger partial charge in [-0.3, -0.25) is 14.4 Å². The average Bonchev–Trinajstić information content (AvgIpc) is 3.05. The lowest BCUT2D eigenvalue weighted by Crippen LogP contribution is -2.40. The summed E-state index contributed by atoms with van der Waals surface area (Å²) >= 11 is 2.16. The number of esters is 2. The summed E-state index contributed by atoms with van der Waals surface area (Å²) in [7, 11) is 4.11. The van der Waals surface area contributed by atoms with Crippen LogP contribution in [0.4, 0.5) is 0 Å². The number of carbonyl (C=O) groups excluding carboxylic acids is 2. The number of hydrogen-bond acceptors (Lipinski definition) is 8. The molecule has 2 aromatic rings. The van der Waals surface area contributed by atoms with Crippen molar-refractivity contribution in [3.8, 4) is 5.75 Å². The summed E-state index contributed by atoms with van der Waals surface area (Å²) < 4.78 is 15.0. The van der Waals surface area contributed by atoms with E-state index in [1.54, 1.807) is 19.2 Å². The van der Waals surface area contributed by atoms with Gasteiger partial charge in [0, 0.05) is 10.8 Å². The van der Waals surface area contributed by atoms with Crippen molar-refractivity contribution < 1.29 is 23.8 Å². The quantitative estimate of drug-likeness (QED) is 0.792. The number of rotatable bonds is 4. The van der Waals surface area contributed by atoms with Gasteiger partial charge in [0.25, 0.3) is 0 Å². The molecule has 3 atom stereocenters. The summed E-state index contributed by atoms with van der Waals surface area (Å²) in [6, 6.07) is 7.18. The SMILES string of the molecule is COC(=O)[C@H]1[C@@H](c2ccc(OC)cc2)c2sc(=O)[nH]c2S[C@H]1C(=O)OC. The molecule has 1 aliphatic rings. The van der Waals surface area contributed by atoms with Crippen molar-refractivity contribution in [1.29, 1.82) is 0 Å². The van der Waals surface area contributed by atoms with E-state index in [4.69, 9.17) is 14.2 Å². The highest BCUT2D eigenvalue weighted by molar-refractivity contribution is 8.00. The van der Waals surface area contributed by atoms with Crippen LogP contribution in [0.2, 0.25) is 0 Å². The van der Waals surface area contributed by atoms with Crippen molar-refractivity contribution in [3.05, 3.63) is 44.4 Å². The highest BCUT2D eigenvalue weighted by Crippen LogP contribution is 2.49. The number of methoxy groups -OCH3 is 3. The molecule has 138 valence electrons. The monoisotopic (exact) mass is 395 g/mol. The van der Waals surface area contributed by atoms with Crippen molar-refractivity contribution in [3.63, 3.8) is 0 Å². The first-order valence-electron chi connectivity index (χ1n) is 7.69. The van der Waals surface area contributed by atoms with Gasteiger partial charge in [-0.2, -0.15) is 0 Å². The highest BCUT2D eigenvalue weighted by Gasteiger charge is 2.48. The van der Waals surface area contributed by atoms with Crippen molar-refractivity contribution in [2.75, 3.05) is 21.3 Å². The summed E-state index contributed by atoms with van der Waals surface area (Å²) in [5.41, 5.74) is 0.784. The molecule has 0 spiro atoms. The Morgan fingerprint density at radius 2 is 1.69 bits per heavy atom. The predicted octanol–water partition coefficient (Wildman–Crippen LogP) is 2.01. The van der Waals surface area contributed by atoms with Crippen molar-refractivity contribution in [1.82, 2.24) is 4.98 Å². The molecule has 0 fully saturated rings.